The fourth-order valence-electron chi connectivity index (χ4n) is 1.70. The number of hydrogen-bond donors (Lipinski definition) is 1. The van der Waals surface area contributed by atoms with Crippen molar-refractivity contribution in [3.8, 4) is 5.75 Å². The zero-order chi connectivity index (χ0) is 16.7. The van der Waals surface area contributed by atoms with Crippen LogP contribution in [0.1, 0.15) is 25.2 Å². The largest absolute Gasteiger partial charge is 0.494 e. The summed E-state index contributed by atoms with van der Waals surface area (Å²) in [7, 11) is 0. The van der Waals surface area contributed by atoms with Crippen LogP contribution in [0.15, 0.2) is 40.0 Å². The molecule has 1 atom stereocenters. The highest BCUT2D eigenvalue weighted by Crippen LogP contribution is 2.11. The summed E-state index contributed by atoms with van der Waals surface area (Å²) in [4.78, 5) is 17.0. The van der Waals surface area contributed by atoms with Crippen molar-refractivity contribution in [2.24, 2.45) is 5.16 Å². The molecule has 0 aliphatic carbocycles. The highest BCUT2D eigenvalue weighted by molar-refractivity contribution is 5.93. The number of carbonyl (C=O) groups excluding carboxylic acids is 1. The third-order valence-electron chi connectivity index (χ3n) is 2.86. The van der Waals surface area contributed by atoms with Gasteiger partial charge in [-0.15, -0.1) is 0 Å². The van der Waals surface area contributed by atoms with Crippen molar-refractivity contribution in [2.45, 2.75) is 26.9 Å². The molecule has 7 nitrogen and oxygen atoms in total. The van der Waals surface area contributed by atoms with E-state index in [2.05, 4.69) is 15.6 Å². The Morgan fingerprint density at radius 1 is 1.43 bits per heavy atom. The molecule has 122 valence electrons. The first-order chi connectivity index (χ1) is 11.1. The summed E-state index contributed by atoms with van der Waals surface area (Å²) < 4.78 is 10.2. The molecule has 1 unspecified atom stereocenters. The lowest BCUT2D eigenvalue weighted by Crippen LogP contribution is -2.26. The number of hydrogen-bond acceptors (Lipinski definition) is 6. The van der Waals surface area contributed by atoms with E-state index in [1.807, 2.05) is 31.2 Å². The maximum Gasteiger partial charge on any atom is 0.269 e. The van der Waals surface area contributed by atoms with Gasteiger partial charge in [-0.3, -0.25) is 4.79 Å². The number of nitrogens with zero attached hydrogens (tertiary/aromatic N) is 2. The van der Waals surface area contributed by atoms with Gasteiger partial charge in [0, 0.05) is 6.07 Å². The SMILES string of the molecule is CCOc1ccc(/C=N/OC(C)C(=O)Nc2cc(C)on2)cc1. The average Bonchev–Trinajstić information content (AvgIpc) is 2.94. The van der Waals surface area contributed by atoms with E-state index in [1.165, 1.54) is 6.21 Å². The van der Waals surface area contributed by atoms with Crippen LogP contribution in [0.3, 0.4) is 0 Å². The van der Waals surface area contributed by atoms with Crippen molar-refractivity contribution in [3.63, 3.8) is 0 Å². The van der Waals surface area contributed by atoms with Crippen LogP contribution in [0.2, 0.25) is 0 Å². The Kier molecular flexibility index (Phi) is 5.74. The molecule has 1 aromatic carbocycles. The summed E-state index contributed by atoms with van der Waals surface area (Å²) in [6.45, 7) is 5.88. The Morgan fingerprint density at radius 2 is 2.17 bits per heavy atom. The predicted molar refractivity (Wildman–Crippen MR) is 85.6 cm³/mol. The Labute approximate surface area is 134 Å². The summed E-state index contributed by atoms with van der Waals surface area (Å²) in [6.07, 6.45) is 0.769. The summed E-state index contributed by atoms with van der Waals surface area (Å²) in [5.41, 5.74) is 0.841. The number of benzene rings is 1. The van der Waals surface area contributed by atoms with E-state index in [4.69, 9.17) is 14.1 Å². The molecule has 1 amide bonds. The number of amides is 1. The van der Waals surface area contributed by atoms with Crippen LogP contribution in [-0.2, 0) is 9.63 Å². The van der Waals surface area contributed by atoms with Crippen LogP contribution < -0.4 is 10.1 Å². The van der Waals surface area contributed by atoms with Crippen LogP contribution >= 0.6 is 0 Å². The van der Waals surface area contributed by atoms with Crippen LogP contribution in [-0.4, -0.2) is 30.0 Å². The van der Waals surface area contributed by atoms with Crippen LogP contribution in [0.5, 0.6) is 5.75 Å². The third-order valence-corrected chi connectivity index (χ3v) is 2.86. The monoisotopic (exact) mass is 317 g/mol. The standard InChI is InChI=1S/C16H19N3O4/c1-4-21-14-7-5-13(6-8-14)10-17-23-12(3)16(20)18-15-9-11(2)22-19-15/h5-10,12H,4H2,1-3H3,(H,18,19,20)/b17-10+. The van der Waals surface area contributed by atoms with E-state index in [0.29, 0.717) is 18.2 Å². The lowest BCUT2D eigenvalue weighted by atomic mass is 10.2. The summed E-state index contributed by atoms with van der Waals surface area (Å²) in [5.74, 6) is 1.39. The molecule has 0 radical (unpaired) electrons. The van der Waals surface area contributed by atoms with Gasteiger partial charge < -0.3 is 19.4 Å². The lowest BCUT2D eigenvalue weighted by molar-refractivity contribution is -0.126. The summed E-state index contributed by atoms with van der Waals surface area (Å²) >= 11 is 0. The molecule has 2 rings (SSSR count). The zero-order valence-electron chi connectivity index (χ0n) is 13.3. The van der Waals surface area contributed by atoms with E-state index in [-0.39, 0.29) is 5.91 Å². The topological polar surface area (TPSA) is 86.0 Å². The molecule has 0 spiro atoms. The molecule has 2 aromatic rings. The van der Waals surface area contributed by atoms with Crippen molar-refractivity contribution in [3.05, 3.63) is 41.7 Å². The maximum absolute atomic E-state index is 11.9. The van der Waals surface area contributed by atoms with E-state index in [9.17, 15) is 4.79 Å². The minimum absolute atomic E-state index is 0.346. The van der Waals surface area contributed by atoms with Gasteiger partial charge in [0.1, 0.15) is 11.5 Å². The number of carbonyl (C=O) groups is 1. The number of rotatable bonds is 7. The number of aryl methyl sites for hydroxylation is 1. The second-order valence-electron chi connectivity index (χ2n) is 4.80. The highest BCUT2D eigenvalue weighted by Gasteiger charge is 2.15. The Bertz CT molecular complexity index is 664. The van der Waals surface area contributed by atoms with E-state index in [0.717, 1.165) is 11.3 Å². The van der Waals surface area contributed by atoms with Gasteiger partial charge in [0.15, 0.2) is 5.82 Å². The molecule has 1 aromatic heterocycles. The molecule has 1 N–H and O–H groups in total. The molecule has 0 aliphatic rings. The molecular formula is C16H19N3O4. The summed E-state index contributed by atoms with van der Waals surface area (Å²) in [6, 6.07) is 9.00. The van der Waals surface area contributed by atoms with Crippen molar-refractivity contribution in [1.29, 1.82) is 0 Å². The molecule has 0 saturated carbocycles. The van der Waals surface area contributed by atoms with Crippen LogP contribution in [0.4, 0.5) is 5.82 Å². The Hall–Kier alpha value is -2.83. The fourth-order valence-corrected chi connectivity index (χ4v) is 1.70. The Morgan fingerprint density at radius 3 is 2.78 bits per heavy atom. The molecule has 0 saturated heterocycles. The molecule has 7 heteroatoms. The van der Waals surface area contributed by atoms with Gasteiger partial charge in [0.2, 0.25) is 6.10 Å². The smallest absolute Gasteiger partial charge is 0.269 e. The van der Waals surface area contributed by atoms with Gasteiger partial charge in [0.25, 0.3) is 5.91 Å². The normalized spacial score (nSPS) is 12.1. The van der Waals surface area contributed by atoms with Gasteiger partial charge in [-0.25, -0.2) is 0 Å². The average molecular weight is 317 g/mol. The van der Waals surface area contributed by atoms with Crippen molar-refractivity contribution in [1.82, 2.24) is 5.16 Å². The van der Waals surface area contributed by atoms with Gasteiger partial charge >= 0.3 is 0 Å². The van der Waals surface area contributed by atoms with Crippen LogP contribution in [0, 0.1) is 6.92 Å². The van der Waals surface area contributed by atoms with Crippen molar-refractivity contribution >= 4 is 17.9 Å². The van der Waals surface area contributed by atoms with E-state index < -0.39 is 6.10 Å². The third kappa shape index (κ3) is 5.14. The first-order valence-electron chi connectivity index (χ1n) is 7.24. The number of aromatic nitrogens is 1. The van der Waals surface area contributed by atoms with Crippen molar-refractivity contribution in [2.75, 3.05) is 11.9 Å². The second kappa shape index (κ2) is 7.98. The minimum atomic E-state index is -0.758. The molecule has 0 fully saturated rings. The first-order valence-corrected chi connectivity index (χ1v) is 7.24. The zero-order valence-corrected chi connectivity index (χ0v) is 13.3. The van der Waals surface area contributed by atoms with E-state index in [1.54, 1.807) is 19.9 Å². The summed E-state index contributed by atoms with van der Waals surface area (Å²) in [5, 5.41) is 10.1. The minimum Gasteiger partial charge on any atom is -0.494 e. The molecule has 1 heterocycles. The molecular weight excluding hydrogens is 298 g/mol. The molecule has 0 bridgehead atoms. The Balaban J connectivity index is 1.82. The van der Waals surface area contributed by atoms with Gasteiger partial charge in [-0.05, 0) is 50.6 Å². The fraction of sp³-hybridized carbons (Fsp3) is 0.312. The number of nitrogens with one attached hydrogen (secondary N) is 1. The van der Waals surface area contributed by atoms with Crippen LogP contribution in [0.25, 0.3) is 0 Å². The van der Waals surface area contributed by atoms with Gasteiger partial charge in [-0.2, -0.15) is 0 Å². The van der Waals surface area contributed by atoms with Gasteiger partial charge in [0.05, 0.1) is 12.8 Å². The van der Waals surface area contributed by atoms with Crippen molar-refractivity contribution < 1.29 is 18.9 Å². The number of anilines is 1. The first kappa shape index (κ1) is 16.5. The van der Waals surface area contributed by atoms with E-state index >= 15 is 0 Å². The molecule has 0 aliphatic heterocycles. The number of ether oxygens (including phenoxy) is 1. The predicted octanol–water partition coefficient (Wildman–Crippen LogP) is 2.76. The second-order valence-corrected chi connectivity index (χ2v) is 4.80. The quantitative estimate of drug-likeness (QED) is 0.627. The lowest BCUT2D eigenvalue weighted by Gasteiger charge is -2.08. The number of oxime groups is 1. The molecule has 23 heavy (non-hydrogen) atoms. The maximum atomic E-state index is 11.9. The highest BCUT2D eigenvalue weighted by atomic mass is 16.6. The van der Waals surface area contributed by atoms with Gasteiger partial charge in [-0.1, -0.05) is 10.3 Å².